The summed E-state index contributed by atoms with van der Waals surface area (Å²) in [5.41, 5.74) is 0.770. The van der Waals surface area contributed by atoms with Gasteiger partial charge in [-0.25, -0.2) is 4.79 Å². The van der Waals surface area contributed by atoms with Gasteiger partial charge in [0.25, 0.3) is 0 Å². The lowest BCUT2D eigenvalue weighted by molar-refractivity contribution is -0.151. The number of amides is 1. The largest absolute Gasteiger partial charge is 0.496 e. The second kappa shape index (κ2) is 10.7. The highest BCUT2D eigenvalue weighted by Gasteiger charge is 2.63. The van der Waals surface area contributed by atoms with E-state index >= 15 is 0 Å². The third-order valence-electron chi connectivity index (χ3n) is 6.75. The molecule has 2 aromatic rings. The first-order valence-corrected chi connectivity index (χ1v) is 11.8. The monoisotopic (exact) mass is 460 g/mol. The molecule has 178 valence electrons. The number of carbonyl (C=O) groups is 2. The van der Waals surface area contributed by atoms with Crippen molar-refractivity contribution >= 4 is 11.9 Å². The van der Waals surface area contributed by atoms with E-state index in [1.165, 1.54) is 6.26 Å². The molecule has 0 unspecified atom stereocenters. The molecule has 2 N–H and O–H groups in total. The van der Waals surface area contributed by atoms with Crippen molar-refractivity contribution in [3.05, 3.63) is 97.3 Å². The molecule has 34 heavy (non-hydrogen) atoms. The Balaban J connectivity index is 1.54. The molecule has 1 aliphatic heterocycles. The highest BCUT2D eigenvalue weighted by molar-refractivity contribution is 5.94. The van der Waals surface area contributed by atoms with Crippen LogP contribution in [-0.2, 0) is 25.7 Å². The Morgan fingerprint density at radius 3 is 2.44 bits per heavy atom. The quantitative estimate of drug-likeness (QED) is 0.303. The van der Waals surface area contributed by atoms with Gasteiger partial charge in [0.1, 0.15) is 18.2 Å². The lowest BCUT2D eigenvalue weighted by atomic mass is 9.93. The number of ether oxygens (including phenoxy) is 2. The van der Waals surface area contributed by atoms with Gasteiger partial charge in [0.05, 0.1) is 12.2 Å². The Kier molecular flexibility index (Phi) is 7.48. The summed E-state index contributed by atoms with van der Waals surface area (Å²) in [5.74, 6) is -1.54. The average Bonchev–Trinajstić information content (AvgIpc) is 3.33. The molecule has 2 fully saturated rings. The smallest absolute Gasteiger partial charge is 0.332 e. The summed E-state index contributed by atoms with van der Waals surface area (Å²) in [6.45, 7) is 8.59. The first-order chi connectivity index (χ1) is 16.6. The number of nitrogens with one attached hydrogen (secondary N) is 2. The summed E-state index contributed by atoms with van der Waals surface area (Å²) >= 11 is 0. The molecular formula is C28H32N2O4. The minimum atomic E-state index is -1.11. The number of esters is 1. The third kappa shape index (κ3) is 5.07. The van der Waals surface area contributed by atoms with Gasteiger partial charge in [-0.15, -0.1) is 6.58 Å². The number of hydrogen-bond donors (Lipinski definition) is 2. The molecule has 1 aliphatic carbocycles. The fourth-order valence-corrected chi connectivity index (χ4v) is 4.84. The van der Waals surface area contributed by atoms with E-state index in [1.807, 2.05) is 60.7 Å². The average molecular weight is 461 g/mol. The van der Waals surface area contributed by atoms with Crippen LogP contribution in [-0.4, -0.2) is 36.1 Å². The molecule has 2 aliphatic rings. The lowest BCUT2D eigenvalue weighted by Gasteiger charge is -2.30. The third-order valence-corrected chi connectivity index (χ3v) is 6.75. The van der Waals surface area contributed by atoms with Gasteiger partial charge in [-0.2, -0.15) is 0 Å². The van der Waals surface area contributed by atoms with E-state index in [4.69, 9.17) is 9.47 Å². The topological polar surface area (TPSA) is 76.7 Å². The maximum Gasteiger partial charge on any atom is 0.332 e. The van der Waals surface area contributed by atoms with E-state index in [1.54, 1.807) is 6.08 Å². The molecule has 1 saturated heterocycles. The summed E-state index contributed by atoms with van der Waals surface area (Å²) < 4.78 is 11.5. The van der Waals surface area contributed by atoms with Crippen LogP contribution in [0.1, 0.15) is 36.3 Å². The zero-order valence-corrected chi connectivity index (χ0v) is 19.3. The lowest BCUT2D eigenvalue weighted by Crippen LogP contribution is -2.52. The zero-order chi connectivity index (χ0) is 24.0. The van der Waals surface area contributed by atoms with Gasteiger partial charge in [0.15, 0.2) is 0 Å². The van der Waals surface area contributed by atoms with Crippen molar-refractivity contribution in [1.29, 1.82) is 0 Å². The second-order valence-corrected chi connectivity index (χ2v) is 8.92. The standard InChI is InChI=1S/C28H32N2O4/c1-3-22(25(33-4-2)24-16-11-17-29-24)26(31)30-28(18-23(28)21-14-9-6-10-15-21)27(32)34-19-20-12-7-5-8-13-20/h3-10,12-15,22-25,29H,1-2,11,16-19H2,(H,30,31)/t22-,23-,24+,25-,28+/m1/s1. The molecule has 2 aromatic carbocycles. The van der Waals surface area contributed by atoms with Crippen molar-refractivity contribution in [2.75, 3.05) is 6.54 Å². The first kappa shape index (κ1) is 23.8. The number of benzene rings is 2. The molecule has 0 spiro atoms. The highest BCUT2D eigenvalue weighted by Crippen LogP contribution is 2.52. The first-order valence-electron chi connectivity index (χ1n) is 11.8. The van der Waals surface area contributed by atoms with Crippen LogP contribution in [0, 0.1) is 5.92 Å². The summed E-state index contributed by atoms with van der Waals surface area (Å²) in [6.07, 6.45) is 4.89. The Morgan fingerprint density at radius 1 is 1.12 bits per heavy atom. The van der Waals surface area contributed by atoms with Crippen LogP contribution in [0.5, 0.6) is 0 Å². The molecule has 0 radical (unpaired) electrons. The molecular weight excluding hydrogens is 428 g/mol. The van der Waals surface area contributed by atoms with Crippen molar-refractivity contribution in [3.63, 3.8) is 0 Å². The number of carbonyl (C=O) groups excluding carboxylic acids is 2. The van der Waals surface area contributed by atoms with Gasteiger partial charge in [-0.3, -0.25) is 4.79 Å². The molecule has 1 heterocycles. The van der Waals surface area contributed by atoms with Crippen molar-refractivity contribution in [2.45, 2.75) is 49.5 Å². The van der Waals surface area contributed by atoms with E-state index in [9.17, 15) is 9.59 Å². The molecule has 4 rings (SSSR count). The van der Waals surface area contributed by atoms with E-state index in [2.05, 4.69) is 23.8 Å². The van der Waals surface area contributed by atoms with E-state index in [0.717, 1.165) is 30.5 Å². The summed E-state index contributed by atoms with van der Waals surface area (Å²) in [6, 6.07) is 19.3. The maximum absolute atomic E-state index is 13.5. The molecule has 0 aromatic heterocycles. The fourth-order valence-electron chi connectivity index (χ4n) is 4.84. The predicted octanol–water partition coefficient (Wildman–Crippen LogP) is 3.86. The van der Waals surface area contributed by atoms with E-state index in [-0.39, 0.29) is 24.5 Å². The molecule has 5 atom stereocenters. The predicted molar refractivity (Wildman–Crippen MR) is 131 cm³/mol. The SMILES string of the molecule is C=CO[C@@H]([C@@H]1CCCN1)[C@@H](C=C)C(=O)N[C@@]1(C(=O)OCc2ccccc2)C[C@@H]1c1ccccc1. The summed E-state index contributed by atoms with van der Waals surface area (Å²) in [4.78, 5) is 26.9. The number of hydrogen-bond acceptors (Lipinski definition) is 5. The van der Waals surface area contributed by atoms with Crippen molar-refractivity contribution < 1.29 is 19.1 Å². The highest BCUT2D eigenvalue weighted by atomic mass is 16.5. The van der Waals surface area contributed by atoms with Crippen molar-refractivity contribution in [2.24, 2.45) is 5.92 Å². The van der Waals surface area contributed by atoms with Crippen LogP contribution in [0.2, 0.25) is 0 Å². The summed E-state index contributed by atoms with van der Waals surface area (Å²) in [7, 11) is 0. The Hall–Kier alpha value is -3.38. The van der Waals surface area contributed by atoms with Gasteiger partial charge in [-0.1, -0.05) is 73.3 Å². The Bertz CT molecular complexity index is 1000. The van der Waals surface area contributed by atoms with Crippen molar-refractivity contribution in [1.82, 2.24) is 10.6 Å². The second-order valence-electron chi connectivity index (χ2n) is 8.92. The zero-order valence-electron chi connectivity index (χ0n) is 19.3. The van der Waals surface area contributed by atoms with Gasteiger partial charge in [-0.05, 0) is 36.9 Å². The minimum Gasteiger partial charge on any atom is -0.496 e. The van der Waals surface area contributed by atoms with Gasteiger partial charge < -0.3 is 20.1 Å². The molecule has 1 amide bonds. The maximum atomic E-state index is 13.5. The van der Waals surface area contributed by atoms with Gasteiger partial charge in [0.2, 0.25) is 5.91 Å². The van der Waals surface area contributed by atoms with Crippen LogP contribution in [0.3, 0.4) is 0 Å². The van der Waals surface area contributed by atoms with Crippen LogP contribution >= 0.6 is 0 Å². The van der Waals surface area contributed by atoms with Crippen LogP contribution in [0.25, 0.3) is 0 Å². The molecule has 0 bridgehead atoms. The van der Waals surface area contributed by atoms with Gasteiger partial charge >= 0.3 is 5.97 Å². The fraction of sp³-hybridized carbons (Fsp3) is 0.357. The molecule has 6 heteroatoms. The number of rotatable bonds is 11. The summed E-state index contributed by atoms with van der Waals surface area (Å²) in [5, 5.41) is 6.43. The molecule has 6 nitrogen and oxygen atoms in total. The normalized spacial score (nSPS) is 24.9. The van der Waals surface area contributed by atoms with Crippen LogP contribution in [0.4, 0.5) is 0 Å². The van der Waals surface area contributed by atoms with Gasteiger partial charge in [0, 0.05) is 12.0 Å². The Morgan fingerprint density at radius 2 is 1.82 bits per heavy atom. The Labute approximate surface area is 201 Å². The van der Waals surface area contributed by atoms with Crippen LogP contribution in [0.15, 0.2) is 86.2 Å². The van der Waals surface area contributed by atoms with E-state index < -0.39 is 23.5 Å². The molecule has 1 saturated carbocycles. The van der Waals surface area contributed by atoms with Crippen molar-refractivity contribution in [3.8, 4) is 0 Å². The van der Waals surface area contributed by atoms with Crippen LogP contribution < -0.4 is 10.6 Å². The minimum absolute atomic E-state index is 0.0110. The van der Waals surface area contributed by atoms with E-state index in [0.29, 0.717) is 6.42 Å².